The van der Waals surface area contributed by atoms with Crippen molar-refractivity contribution in [2.24, 2.45) is 0 Å². The molecular formula is C12H8N2O3S. The van der Waals surface area contributed by atoms with Gasteiger partial charge in [0.15, 0.2) is 5.75 Å². The topological polar surface area (TPSA) is 80.0 Å². The molecule has 90 valence electrons. The van der Waals surface area contributed by atoms with Gasteiger partial charge >= 0.3 is 10.1 Å². The van der Waals surface area contributed by atoms with Gasteiger partial charge in [-0.05, 0) is 36.4 Å². The second-order valence-electron chi connectivity index (χ2n) is 3.36. The van der Waals surface area contributed by atoms with E-state index in [0.717, 1.165) is 0 Å². The van der Waals surface area contributed by atoms with Crippen LogP contribution >= 0.6 is 0 Å². The lowest BCUT2D eigenvalue weighted by Crippen LogP contribution is -2.09. The third kappa shape index (κ3) is 2.64. The molecule has 2 rings (SSSR count). The third-order valence-corrected chi connectivity index (χ3v) is 3.37. The van der Waals surface area contributed by atoms with Crippen molar-refractivity contribution in [2.75, 3.05) is 0 Å². The van der Waals surface area contributed by atoms with E-state index in [1.165, 1.54) is 42.7 Å². The summed E-state index contributed by atoms with van der Waals surface area (Å²) in [6, 6.07) is 10.5. The van der Waals surface area contributed by atoms with Gasteiger partial charge in [-0.2, -0.15) is 13.7 Å². The first kappa shape index (κ1) is 12.1. The number of pyridine rings is 1. The molecule has 5 nitrogen and oxygen atoms in total. The van der Waals surface area contributed by atoms with Gasteiger partial charge in [0.25, 0.3) is 0 Å². The highest BCUT2D eigenvalue weighted by Gasteiger charge is 2.16. The highest BCUT2D eigenvalue weighted by molar-refractivity contribution is 7.87. The summed E-state index contributed by atoms with van der Waals surface area (Å²) in [7, 11) is -3.89. The zero-order chi connectivity index (χ0) is 13.0. The molecule has 0 unspecified atom stereocenters. The maximum Gasteiger partial charge on any atom is 0.339 e. The molecule has 0 aliphatic heterocycles. The summed E-state index contributed by atoms with van der Waals surface area (Å²) in [4.78, 5) is 3.75. The van der Waals surface area contributed by atoms with Crippen LogP contribution in [0.1, 0.15) is 5.56 Å². The van der Waals surface area contributed by atoms with E-state index in [2.05, 4.69) is 4.98 Å². The maximum absolute atomic E-state index is 11.9. The van der Waals surface area contributed by atoms with E-state index in [4.69, 9.17) is 9.44 Å². The van der Waals surface area contributed by atoms with Gasteiger partial charge in [-0.1, -0.05) is 0 Å². The number of benzene rings is 1. The fraction of sp³-hybridized carbons (Fsp3) is 0. The van der Waals surface area contributed by atoms with E-state index in [0.29, 0.717) is 5.56 Å². The predicted molar refractivity (Wildman–Crippen MR) is 63.2 cm³/mol. The lowest BCUT2D eigenvalue weighted by atomic mass is 10.2. The minimum absolute atomic E-state index is 0.00893. The zero-order valence-electron chi connectivity index (χ0n) is 9.15. The van der Waals surface area contributed by atoms with Crippen LogP contribution in [0.4, 0.5) is 0 Å². The maximum atomic E-state index is 11.9. The predicted octanol–water partition coefficient (Wildman–Crippen LogP) is 1.72. The summed E-state index contributed by atoms with van der Waals surface area (Å²) < 4.78 is 28.6. The molecule has 1 aromatic heterocycles. The van der Waals surface area contributed by atoms with Gasteiger partial charge in [0, 0.05) is 6.20 Å². The van der Waals surface area contributed by atoms with Gasteiger partial charge in [-0.15, -0.1) is 0 Å². The molecule has 0 aliphatic rings. The Labute approximate surface area is 104 Å². The Morgan fingerprint density at radius 1 is 1.17 bits per heavy atom. The van der Waals surface area contributed by atoms with Crippen molar-refractivity contribution in [3.63, 3.8) is 0 Å². The molecule has 0 N–H and O–H groups in total. The molecule has 18 heavy (non-hydrogen) atoms. The van der Waals surface area contributed by atoms with Crippen LogP contribution in [-0.2, 0) is 10.1 Å². The van der Waals surface area contributed by atoms with E-state index < -0.39 is 10.1 Å². The van der Waals surface area contributed by atoms with Crippen molar-refractivity contribution >= 4 is 10.1 Å². The van der Waals surface area contributed by atoms with Crippen molar-refractivity contribution in [3.05, 3.63) is 54.4 Å². The van der Waals surface area contributed by atoms with Crippen LogP contribution in [0.2, 0.25) is 0 Å². The van der Waals surface area contributed by atoms with Gasteiger partial charge in [0.05, 0.1) is 17.8 Å². The molecule has 6 heteroatoms. The molecule has 0 saturated carbocycles. The lowest BCUT2D eigenvalue weighted by Gasteiger charge is -2.06. The van der Waals surface area contributed by atoms with Gasteiger partial charge in [-0.25, -0.2) is 0 Å². The number of aromatic nitrogens is 1. The van der Waals surface area contributed by atoms with E-state index in [-0.39, 0.29) is 10.6 Å². The average molecular weight is 260 g/mol. The second-order valence-corrected chi connectivity index (χ2v) is 4.91. The standard InChI is InChI=1S/C12H8N2O3S/c13-8-10-3-5-12(6-4-10)18(15,16)17-11-2-1-7-14-9-11/h1-7,9H. The summed E-state index contributed by atoms with van der Waals surface area (Å²) >= 11 is 0. The van der Waals surface area contributed by atoms with Gasteiger partial charge in [0.1, 0.15) is 4.90 Å². The average Bonchev–Trinajstić information content (AvgIpc) is 2.39. The molecule has 0 atom stereocenters. The third-order valence-electron chi connectivity index (χ3n) is 2.11. The second kappa shape index (κ2) is 4.85. The Bertz CT molecular complexity index is 674. The largest absolute Gasteiger partial charge is 0.377 e. The Morgan fingerprint density at radius 2 is 1.89 bits per heavy atom. The number of nitriles is 1. The number of rotatable bonds is 3. The van der Waals surface area contributed by atoms with E-state index in [1.807, 2.05) is 6.07 Å². The number of hydrogen-bond donors (Lipinski definition) is 0. The molecule has 2 aromatic rings. The molecule has 0 fully saturated rings. The molecule has 1 heterocycles. The van der Waals surface area contributed by atoms with Crippen LogP contribution < -0.4 is 4.18 Å². The fourth-order valence-corrected chi connectivity index (χ4v) is 2.18. The number of nitrogens with zero attached hydrogens (tertiary/aromatic N) is 2. The smallest absolute Gasteiger partial charge is 0.339 e. The van der Waals surface area contributed by atoms with Crippen molar-refractivity contribution < 1.29 is 12.6 Å². The van der Waals surface area contributed by atoms with E-state index >= 15 is 0 Å². The first-order valence-electron chi connectivity index (χ1n) is 4.96. The zero-order valence-corrected chi connectivity index (χ0v) is 9.96. The van der Waals surface area contributed by atoms with Crippen molar-refractivity contribution in [3.8, 4) is 11.8 Å². The first-order valence-corrected chi connectivity index (χ1v) is 6.37. The van der Waals surface area contributed by atoms with Crippen LogP contribution in [0.15, 0.2) is 53.7 Å². The molecule has 0 bridgehead atoms. The molecular weight excluding hydrogens is 252 g/mol. The fourth-order valence-electron chi connectivity index (χ4n) is 1.27. The van der Waals surface area contributed by atoms with Crippen molar-refractivity contribution in [2.45, 2.75) is 4.90 Å². The van der Waals surface area contributed by atoms with Crippen molar-refractivity contribution in [1.82, 2.24) is 4.98 Å². The van der Waals surface area contributed by atoms with Crippen LogP contribution in [0.3, 0.4) is 0 Å². The summed E-state index contributed by atoms with van der Waals surface area (Å²) in [5.41, 5.74) is 0.385. The minimum Gasteiger partial charge on any atom is -0.377 e. The molecule has 0 aliphatic carbocycles. The Balaban J connectivity index is 2.29. The molecule has 0 amide bonds. The lowest BCUT2D eigenvalue weighted by molar-refractivity contribution is 0.485. The highest BCUT2D eigenvalue weighted by atomic mass is 32.2. The molecule has 0 spiro atoms. The van der Waals surface area contributed by atoms with Gasteiger partial charge in [-0.3, -0.25) is 4.98 Å². The van der Waals surface area contributed by atoms with Crippen LogP contribution in [0.5, 0.6) is 5.75 Å². The van der Waals surface area contributed by atoms with Gasteiger partial charge in [0.2, 0.25) is 0 Å². The summed E-state index contributed by atoms with van der Waals surface area (Å²) in [6.07, 6.45) is 2.82. The van der Waals surface area contributed by atoms with Crippen molar-refractivity contribution in [1.29, 1.82) is 5.26 Å². The van der Waals surface area contributed by atoms with E-state index in [1.54, 1.807) is 6.07 Å². The van der Waals surface area contributed by atoms with Gasteiger partial charge < -0.3 is 4.18 Å². The van der Waals surface area contributed by atoms with Crippen LogP contribution in [-0.4, -0.2) is 13.4 Å². The summed E-state index contributed by atoms with van der Waals surface area (Å²) in [5, 5.41) is 8.63. The SMILES string of the molecule is N#Cc1ccc(S(=O)(=O)Oc2cccnc2)cc1. The quantitative estimate of drug-likeness (QED) is 0.785. The molecule has 1 aromatic carbocycles. The van der Waals surface area contributed by atoms with Crippen LogP contribution in [0, 0.1) is 11.3 Å². The Hall–Kier alpha value is -2.39. The Morgan fingerprint density at radius 3 is 2.44 bits per heavy atom. The molecule has 0 radical (unpaired) electrons. The molecule has 0 saturated heterocycles. The normalized spacial score (nSPS) is 10.6. The van der Waals surface area contributed by atoms with Crippen LogP contribution in [0.25, 0.3) is 0 Å². The summed E-state index contributed by atoms with van der Waals surface area (Å²) in [6.45, 7) is 0. The number of hydrogen-bond acceptors (Lipinski definition) is 5. The first-order chi connectivity index (χ1) is 8.62. The highest BCUT2D eigenvalue weighted by Crippen LogP contribution is 2.17. The monoisotopic (exact) mass is 260 g/mol. The minimum atomic E-state index is -3.89. The van der Waals surface area contributed by atoms with E-state index in [9.17, 15) is 8.42 Å². The summed E-state index contributed by atoms with van der Waals surface area (Å²) in [5.74, 6) is 0.141. The Kier molecular flexibility index (Phi) is 3.26.